The van der Waals surface area contributed by atoms with Crippen LogP contribution in [0.3, 0.4) is 0 Å². The van der Waals surface area contributed by atoms with E-state index in [1.54, 1.807) is 24.3 Å². The van der Waals surface area contributed by atoms with E-state index in [9.17, 15) is 25.9 Å². The molecule has 0 aliphatic carbocycles. The van der Waals surface area contributed by atoms with Gasteiger partial charge in [-0.1, -0.05) is 66.3 Å². The molecule has 2 heterocycles. The first-order chi connectivity index (χ1) is 21.1. The van der Waals surface area contributed by atoms with Gasteiger partial charge in [0.2, 0.25) is 0 Å². The molecule has 0 saturated carbocycles. The molecule has 0 N–H and O–H groups in total. The minimum atomic E-state index is -4.41. The number of halogens is 4. The first kappa shape index (κ1) is 39.4. The van der Waals surface area contributed by atoms with Crippen molar-refractivity contribution in [3.63, 3.8) is 0 Å². The monoisotopic (exact) mass is 760 g/mol. The van der Waals surface area contributed by atoms with Gasteiger partial charge in [0.15, 0.2) is 11.0 Å². The maximum Gasteiger partial charge on any atom is 1.00 e. The van der Waals surface area contributed by atoms with E-state index < -0.39 is 31.7 Å². The topological polar surface area (TPSA) is 130 Å². The standard InChI is InChI=1S/C29H34Cl4N4O6S2.Na/c1-3-10-34-24-16-20(30)22(32)18-26(24)36(12-6-14-44(38,39)40)28(34)8-5-9-29-35(11-4-2)25-17-21(31)23(33)19-27(25)37(29)13-7-15-45(41,42)43;/h5,8-9,16-19H,3-4,6-7,10-15H2,1-2H3,(H-,38,39,40,41,42,43);/q;+1/p-1. The zero-order chi connectivity index (χ0) is 33.1. The summed E-state index contributed by atoms with van der Waals surface area (Å²) in [6, 6.07) is 6.98. The smallest absolute Gasteiger partial charge is 0.748 e. The zero-order valence-electron chi connectivity index (χ0n) is 25.7. The van der Waals surface area contributed by atoms with Gasteiger partial charge in [-0.2, -0.15) is 0 Å². The van der Waals surface area contributed by atoms with Crippen molar-refractivity contribution in [3.8, 4) is 0 Å². The van der Waals surface area contributed by atoms with Crippen molar-refractivity contribution in [1.82, 2.24) is 4.57 Å². The molecule has 1 aliphatic heterocycles. The van der Waals surface area contributed by atoms with Crippen LogP contribution in [0.4, 0.5) is 11.4 Å². The van der Waals surface area contributed by atoms with Gasteiger partial charge in [0, 0.05) is 42.8 Å². The van der Waals surface area contributed by atoms with Gasteiger partial charge in [0.1, 0.15) is 5.82 Å². The molecule has 3 aromatic rings. The Morgan fingerprint density at radius 1 is 0.761 bits per heavy atom. The Kier molecular flexibility index (Phi) is 14.2. The largest absolute Gasteiger partial charge is 1.00 e. The van der Waals surface area contributed by atoms with Gasteiger partial charge in [-0.05, 0) is 43.9 Å². The van der Waals surface area contributed by atoms with Crippen molar-refractivity contribution < 1.29 is 60.1 Å². The molecule has 0 radical (unpaired) electrons. The Labute approximate surface area is 312 Å². The molecule has 0 atom stereocenters. The summed E-state index contributed by atoms with van der Waals surface area (Å²) in [5, 5.41) is 1.43. The van der Waals surface area contributed by atoms with Crippen molar-refractivity contribution in [2.45, 2.75) is 52.6 Å². The SMILES string of the molecule is CCCN1C(=CC=Cc2n(CCCS(=O)(=O)[O-])c3cc(Cl)c(Cl)cc3[n+]2CCC)N(CCCS(=O)(=O)[O-])c2cc(Cl)c(Cl)cc21.[Na+]. The number of hydrogen-bond acceptors (Lipinski definition) is 8. The fourth-order valence-corrected chi connectivity index (χ4v) is 7.06. The van der Waals surface area contributed by atoms with Crippen molar-refractivity contribution in [3.05, 3.63) is 68.2 Å². The molecule has 2 aromatic carbocycles. The number of hydrogen-bond donors (Lipinski definition) is 0. The molecule has 0 fully saturated rings. The molecule has 10 nitrogen and oxygen atoms in total. The molecule has 246 valence electrons. The van der Waals surface area contributed by atoms with Crippen LogP contribution < -0.4 is 43.9 Å². The average Bonchev–Trinajstić information content (AvgIpc) is 3.35. The molecule has 0 saturated heterocycles. The number of allylic oxidation sites excluding steroid dienone is 2. The van der Waals surface area contributed by atoms with Crippen molar-refractivity contribution in [2.75, 3.05) is 34.4 Å². The van der Waals surface area contributed by atoms with Gasteiger partial charge < -0.3 is 18.9 Å². The van der Waals surface area contributed by atoms with E-state index in [-0.39, 0.29) is 55.5 Å². The van der Waals surface area contributed by atoms with E-state index >= 15 is 0 Å². The van der Waals surface area contributed by atoms with Crippen LogP contribution in [0.15, 0.2) is 42.2 Å². The summed E-state index contributed by atoms with van der Waals surface area (Å²) in [5.74, 6) is 0.437. The second kappa shape index (κ2) is 16.6. The van der Waals surface area contributed by atoms with E-state index in [1.807, 2.05) is 41.5 Å². The zero-order valence-corrected chi connectivity index (χ0v) is 32.3. The molecule has 0 unspecified atom stereocenters. The molecular formula is C29H33Cl4N4NaO6S2. The van der Waals surface area contributed by atoms with Crippen molar-refractivity contribution in [2.24, 2.45) is 0 Å². The van der Waals surface area contributed by atoms with Gasteiger partial charge in [0.25, 0.3) is 5.82 Å². The van der Waals surface area contributed by atoms with E-state index in [1.165, 1.54) is 0 Å². The van der Waals surface area contributed by atoms with Crippen molar-refractivity contribution in [1.29, 1.82) is 0 Å². The molecule has 1 aromatic heterocycles. The third kappa shape index (κ3) is 9.56. The van der Waals surface area contributed by atoms with Crippen LogP contribution in [0.2, 0.25) is 20.1 Å². The van der Waals surface area contributed by atoms with Crippen LogP contribution in [0.25, 0.3) is 17.1 Å². The van der Waals surface area contributed by atoms with E-state index in [0.717, 1.165) is 46.9 Å². The predicted molar refractivity (Wildman–Crippen MR) is 179 cm³/mol. The minimum absolute atomic E-state index is 0. The third-order valence-electron chi connectivity index (χ3n) is 7.24. The summed E-state index contributed by atoms with van der Waals surface area (Å²) in [4.78, 5) is 3.97. The Morgan fingerprint density at radius 3 is 1.83 bits per heavy atom. The van der Waals surface area contributed by atoms with E-state index in [2.05, 4.69) is 9.47 Å². The van der Waals surface area contributed by atoms with Crippen LogP contribution in [-0.2, 0) is 33.3 Å². The maximum absolute atomic E-state index is 11.4. The Bertz CT molecular complexity index is 1870. The first-order valence-corrected chi connectivity index (χ1v) is 19.0. The number of aromatic nitrogens is 2. The normalized spacial score (nSPS) is 14.6. The quantitative estimate of drug-likeness (QED) is 0.139. The number of nitrogens with zero attached hydrogens (tertiary/aromatic N) is 4. The summed E-state index contributed by atoms with van der Waals surface area (Å²) < 4.78 is 72.2. The minimum Gasteiger partial charge on any atom is -0.748 e. The first-order valence-electron chi connectivity index (χ1n) is 14.4. The molecule has 17 heteroatoms. The number of anilines is 2. The Morgan fingerprint density at radius 2 is 1.28 bits per heavy atom. The van der Waals surface area contributed by atoms with Crippen LogP contribution in [0, 0.1) is 0 Å². The fourth-order valence-electron chi connectivity index (χ4n) is 5.47. The predicted octanol–water partition coefficient (Wildman–Crippen LogP) is 3.42. The van der Waals surface area contributed by atoms with Crippen LogP contribution in [-0.4, -0.2) is 55.1 Å². The maximum atomic E-state index is 11.4. The van der Waals surface area contributed by atoms with Gasteiger partial charge in [-0.3, -0.25) is 0 Å². The van der Waals surface area contributed by atoms with Gasteiger partial charge in [-0.15, -0.1) is 0 Å². The molecule has 4 rings (SSSR count). The van der Waals surface area contributed by atoms with Crippen LogP contribution in [0.5, 0.6) is 0 Å². The molecule has 46 heavy (non-hydrogen) atoms. The number of imidazole rings is 1. The number of rotatable bonds is 14. The summed E-state index contributed by atoms with van der Waals surface area (Å²) in [6.07, 6.45) is 7.38. The number of aryl methyl sites for hydroxylation is 2. The van der Waals surface area contributed by atoms with Crippen molar-refractivity contribution >= 4 is 95.1 Å². The molecule has 0 spiro atoms. The molecule has 0 bridgehead atoms. The second-order valence-electron chi connectivity index (χ2n) is 10.6. The Balaban J connectivity index is 0.00000576. The van der Waals surface area contributed by atoms with Gasteiger partial charge >= 0.3 is 29.6 Å². The fraction of sp³-hybridized carbons (Fsp3) is 0.414. The summed E-state index contributed by atoms with van der Waals surface area (Å²) in [7, 11) is -8.81. The van der Waals surface area contributed by atoms with E-state index in [4.69, 9.17) is 46.4 Å². The number of fused-ring (bicyclic) bond motifs is 2. The second-order valence-corrected chi connectivity index (χ2v) is 15.3. The summed E-state index contributed by atoms with van der Waals surface area (Å²) in [5.41, 5.74) is 3.07. The Hall–Kier alpha value is -1.03. The van der Waals surface area contributed by atoms with Crippen LogP contribution >= 0.6 is 46.4 Å². The number of benzene rings is 2. The van der Waals surface area contributed by atoms with Crippen LogP contribution in [0.1, 0.15) is 45.4 Å². The molecular weight excluding hydrogens is 729 g/mol. The summed E-state index contributed by atoms with van der Waals surface area (Å²) >= 11 is 25.5. The molecule has 1 aliphatic rings. The molecule has 0 amide bonds. The van der Waals surface area contributed by atoms with E-state index in [0.29, 0.717) is 33.2 Å². The van der Waals surface area contributed by atoms with Gasteiger partial charge in [-0.25, -0.2) is 26.0 Å². The average molecular weight is 763 g/mol. The third-order valence-corrected chi connectivity index (χ3v) is 10.3. The van der Waals surface area contributed by atoms with Gasteiger partial charge in [0.05, 0.1) is 64.8 Å². The summed E-state index contributed by atoms with van der Waals surface area (Å²) in [6.45, 7) is 5.78.